The van der Waals surface area contributed by atoms with E-state index in [0.717, 1.165) is 25.9 Å². The van der Waals surface area contributed by atoms with Crippen molar-refractivity contribution in [2.45, 2.75) is 37.5 Å². The third-order valence-corrected chi connectivity index (χ3v) is 5.61. The van der Waals surface area contributed by atoms with Crippen LogP contribution < -0.4 is 4.90 Å². The molecule has 1 aliphatic rings. The van der Waals surface area contributed by atoms with E-state index in [1.54, 1.807) is 6.07 Å². The van der Waals surface area contributed by atoms with E-state index in [4.69, 9.17) is 23.2 Å². The molecule has 0 spiro atoms. The van der Waals surface area contributed by atoms with Gasteiger partial charge in [0.05, 0.1) is 5.69 Å². The van der Waals surface area contributed by atoms with Crippen molar-refractivity contribution < 1.29 is 18.3 Å². The molecule has 1 aromatic heterocycles. The fourth-order valence-corrected chi connectivity index (χ4v) is 4.02. The lowest BCUT2D eigenvalue weighted by Crippen LogP contribution is -2.47. The number of benzene rings is 1. The molecule has 1 N–H and O–H groups in total. The second kappa shape index (κ2) is 7.49. The zero-order valence-electron chi connectivity index (χ0n) is 14.6. The summed E-state index contributed by atoms with van der Waals surface area (Å²) < 4.78 is 42.2. The lowest BCUT2D eigenvalue weighted by Gasteiger charge is -2.36. The molecule has 3 rings (SSSR count). The highest BCUT2D eigenvalue weighted by Gasteiger charge is 2.60. The highest BCUT2D eigenvalue weighted by atomic mass is 35.5. The monoisotopic (exact) mass is 418 g/mol. The number of aromatic nitrogens is 1. The Hall–Kier alpha value is -1.50. The second-order valence-corrected chi connectivity index (χ2v) is 7.57. The zero-order valence-corrected chi connectivity index (χ0v) is 16.1. The topological polar surface area (TPSA) is 36.4 Å². The number of alkyl halides is 3. The lowest BCUT2D eigenvalue weighted by atomic mass is 9.80. The van der Waals surface area contributed by atoms with Gasteiger partial charge in [-0.15, -0.1) is 0 Å². The zero-order chi connectivity index (χ0) is 19.8. The van der Waals surface area contributed by atoms with E-state index in [0.29, 0.717) is 10.8 Å². The number of anilines is 1. The second-order valence-electron chi connectivity index (χ2n) is 6.73. The molecule has 1 aromatic carbocycles. The summed E-state index contributed by atoms with van der Waals surface area (Å²) in [5.74, 6) is -0.953. The Labute approximate surface area is 165 Å². The fraction of sp³-hybridized carbons (Fsp3) is 0.421. The van der Waals surface area contributed by atoms with E-state index in [1.165, 1.54) is 37.3 Å². The van der Waals surface area contributed by atoms with Gasteiger partial charge in [0.2, 0.25) is 5.60 Å². The van der Waals surface area contributed by atoms with Gasteiger partial charge in [-0.05, 0) is 42.7 Å². The summed E-state index contributed by atoms with van der Waals surface area (Å²) >= 11 is 12.0. The molecule has 27 heavy (non-hydrogen) atoms. The maximum absolute atomic E-state index is 14.1. The maximum atomic E-state index is 14.1. The molecule has 3 nitrogen and oxygen atoms in total. The average molecular weight is 419 g/mol. The largest absolute Gasteiger partial charge is 0.423 e. The molecule has 0 aliphatic carbocycles. The van der Waals surface area contributed by atoms with Crippen molar-refractivity contribution in [2.24, 2.45) is 0 Å². The van der Waals surface area contributed by atoms with Crippen LogP contribution in [0.4, 0.5) is 19.0 Å². The van der Waals surface area contributed by atoms with Crippen molar-refractivity contribution in [3.63, 3.8) is 0 Å². The summed E-state index contributed by atoms with van der Waals surface area (Å²) in [6.07, 6.45) is -3.02. The molecule has 146 valence electrons. The molecule has 1 aliphatic heterocycles. The molecular formula is C19H19Cl2F3N2O. The van der Waals surface area contributed by atoms with E-state index >= 15 is 0 Å². The Morgan fingerprint density at radius 2 is 1.78 bits per heavy atom. The van der Waals surface area contributed by atoms with Crippen molar-refractivity contribution in [1.29, 1.82) is 0 Å². The number of hydrogen-bond acceptors (Lipinski definition) is 3. The fourth-order valence-electron chi connectivity index (χ4n) is 3.45. The summed E-state index contributed by atoms with van der Waals surface area (Å²) in [6.45, 7) is 2.76. The van der Waals surface area contributed by atoms with Crippen LogP contribution in [0.5, 0.6) is 0 Å². The third kappa shape index (κ3) is 3.75. The van der Waals surface area contributed by atoms with E-state index in [9.17, 15) is 18.3 Å². The van der Waals surface area contributed by atoms with Crippen molar-refractivity contribution in [3.8, 4) is 0 Å². The predicted molar refractivity (Wildman–Crippen MR) is 101 cm³/mol. The maximum Gasteiger partial charge on any atom is 0.423 e. The molecule has 0 radical (unpaired) electrons. The number of rotatable bonds is 4. The van der Waals surface area contributed by atoms with Crippen molar-refractivity contribution in [3.05, 3.63) is 57.7 Å². The van der Waals surface area contributed by atoms with Gasteiger partial charge in [0, 0.05) is 29.1 Å². The first kappa shape index (κ1) is 20.2. The molecule has 2 heterocycles. The molecular weight excluding hydrogens is 400 g/mol. The van der Waals surface area contributed by atoms with Gasteiger partial charge in [-0.25, -0.2) is 4.98 Å². The standard InChI is InChI=1S/C19H19Cl2F3N2O/c1-12(14-8-7-13(20)11-15(14)21)18(27,19(22,23)24)16-5-4-6-17(25-16)26-9-2-3-10-26/h4-8,11-12,27H,2-3,9-10H2,1H3. The molecule has 2 unspecified atom stereocenters. The average Bonchev–Trinajstić information content (AvgIpc) is 3.14. The Bertz CT molecular complexity index is 825. The number of nitrogens with zero attached hydrogens (tertiary/aromatic N) is 2. The molecule has 1 saturated heterocycles. The van der Waals surface area contributed by atoms with Gasteiger partial charge >= 0.3 is 6.18 Å². The third-order valence-electron chi connectivity index (χ3n) is 5.04. The number of pyridine rings is 1. The summed E-state index contributed by atoms with van der Waals surface area (Å²) in [7, 11) is 0. The first-order chi connectivity index (χ1) is 12.6. The lowest BCUT2D eigenvalue weighted by molar-refractivity contribution is -0.276. The van der Waals surface area contributed by atoms with E-state index < -0.39 is 23.4 Å². The van der Waals surface area contributed by atoms with Crippen LogP contribution in [0.1, 0.15) is 36.9 Å². The Morgan fingerprint density at radius 1 is 1.11 bits per heavy atom. The van der Waals surface area contributed by atoms with Crippen molar-refractivity contribution in [1.82, 2.24) is 4.98 Å². The minimum Gasteiger partial charge on any atom is -0.375 e. The first-order valence-corrected chi connectivity index (χ1v) is 9.36. The van der Waals surface area contributed by atoms with Crippen LogP contribution in [-0.2, 0) is 5.60 Å². The summed E-state index contributed by atoms with van der Waals surface area (Å²) in [4.78, 5) is 6.09. The van der Waals surface area contributed by atoms with Crippen LogP contribution in [0.15, 0.2) is 36.4 Å². The van der Waals surface area contributed by atoms with Crippen LogP contribution in [0.3, 0.4) is 0 Å². The molecule has 8 heteroatoms. The molecule has 1 fully saturated rings. The van der Waals surface area contributed by atoms with Gasteiger partial charge in [0.1, 0.15) is 5.82 Å². The van der Waals surface area contributed by atoms with Gasteiger partial charge < -0.3 is 10.0 Å². The van der Waals surface area contributed by atoms with Crippen LogP contribution >= 0.6 is 23.2 Å². The summed E-state index contributed by atoms with van der Waals surface area (Å²) in [6, 6.07) is 8.56. The smallest absolute Gasteiger partial charge is 0.375 e. The van der Waals surface area contributed by atoms with Gasteiger partial charge in [0.25, 0.3) is 0 Å². The molecule has 0 saturated carbocycles. The van der Waals surface area contributed by atoms with E-state index in [-0.39, 0.29) is 10.6 Å². The Morgan fingerprint density at radius 3 is 2.37 bits per heavy atom. The molecule has 0 amide bonds. The molecule has 2 atom stereocenters. The normalized spacial score (nSPS) is 18.4. The highest BCUT2D eigenvalue weighted by Crippen LogP contribution is 2.49. The molecule has 0 bridgehead atoms. The number of hydrogen-bond donors (Lipinski definition) is 1. The van der Waals surface area contributed by atoms with Crippen molar-refractivity contribution >= 4 is 29.0 Å². The SMILES string of the molecule is CC(c1ccc(Cl)cc1Cl)C(O)(c1cccc(N2CCCC2)n1)C(F)(F)F. The highest BCUT2D eigenvalue weighted by molar-refractivity contribution is 6.35. The van der Waals surface area contributed by atoms with Gasteiger partial charge in [-0.2, -0.15) is 13.2 Å². The van der Waals surface area contributed by atoms with Gasteiger partial charge in [-0.3, -0.25) is 0 Å². The van der Waals surface area contributed by atoms with Gasteiger partial charge in [0.15, 0.2) is 0 Å². The number of aliphatic hydroxyl groups is 1. The van der Waals surface area contributed by atoms with Crippen LogP contribution in [0, 0.1) is 0 Å². The molecule has 2 aromatic rings. The minimum atomic E-state index is -4.95. The summed E-state index contributed by atoms with van der Waals surface area (Å²) in [5, 5.41) is 11.3. The van der Waals surface area contributed by atoms with E-state index in [1.807, 2.05) is 4.90 Å². The van der Waals surface area contributed by atoms with Gasteiger partial charge in [-0.1, -0.05) is 42.3 Å². The van der Waals surface area contributed by atoms with Crippen LogP contribution in [0.25, 0.3) is 0 Å². The number of halogens is 5. The summed E-state index contributed by atoms with van der Waals surface area (Å²) in [5.41, 5.74) is -3.49. The van der Waals surface area contributed by atoms with Crippen LogP contribution in [-0.4, -0.2) is 29.4 Å². The Balaban J connectivity index is 2.09. The van der Waals surface area contributed by atoms with Crippen LogP contribution in [0.2, 0.25) is 10.0 Å². The predicted octanol–water partition coefficient (Wildman–Crippen LogP) is 5.54. The quantitative estimate of drug-likeness (QED) is 0.707. The first-order valence-electron chi connectivity index (χ1n) is 8.61. The minimum absolute atomic E-state index is 0.0633. The Kier molecular flexibility index (Phi) is 5.62. The van der Waals surface area contributed by atoms with E-state index in [2.05, 4.69) is 4.98 Å². The van der Waals surface area contributed by atoms with Crippen molar-refractivity contribution in [2.75, 3.05) is 18.0 Å².